The minimum atomic E-state index is 0. The molecule has 5 nitrogen and oxygen atoms in total. The monoisotopic (exact) mass is 441 g/mol. The lowest BCUT2D eigenvalue weighted by Gasteiger charge is -2.11. The van der Waals surface area contributed by atoms with Gasteiger partial charge in [0.2, 0.25) is 12.3 Å². The molecule has 2 aromatic heterocycles. The molecule has 0 amide bonds. The number of hydrogen-bond acceptors (Lipinski definition) is 4. The van der Waals surface area contributed by atoms with Crippen LogP contribution in [0.4, 0.5) is 0 Å². The first-order valence-corrected chi connectivity index (χ1v) is 8.88. The van der Waals surface area contributed by atoms with E-state index >= 15 is 0 Å². The van der Waals surface area contributed by atoms with E-state index in [9.17, 15) is 5.11 Å². The summed E-state index contributed by atoms with van der Waals surface area (Å²) in [5.74, 6) is 2.24. The Hall–Kier alpha value is -2.73. The van der Waals surface area contributed by atoms with E-state index in [2.05, 4.69) is 30.4 Å². The lowest BCUT2D eigenvalue weighted by Crippen LogP contribution is -3.00. The number of aryl methyl sites for hydroxylation is 3. The number of pyridine rings is 2. The normalized spacial score (nSPS) is 12.6. The molecule has 144 valence electrons. The number of phenolic OH excluding ortho intramolecular Hbond substituents is 1. The van der Waals surface area contributed by atoms with Crippen LogP contribution in [0.1, 0.15) is 16.8 Å². The van der Waals surface area contributed by atoms with Crippen molar-refractivity contribution >= 4 is 27.1 Å². The number of halogens is 1. The predicted octanol–water partition coefficient (Wildman–Crippen LogP) is 1.10. The summed E-state index contributed by atoms with van der Waals surface area (Å²) in [6.07, 6.45) is 1.98. The van der Waals surface area contributed by atoms with E-state index in [0.717, 1.165) is 49.8 Å². The Bertz CT molecular complexity index is 1280. The number of methoxy groups -OCH3 is 1. The van der Waals surface area contributed by atoms with Crippen molar-refractivity contribution < 1.29 is 40.7 Å². The fourth-order valence-electron chi connectivity index (χ4n) is 4.08. The molecule has 1 aliphatic rings. The molecule has 0 saturated heterocycles. The Morgan fingerprint density at radius 1 is 0.964 bits per heavy atom. The van der Waals surface area contributed by atoms with E-state index in [1.54, 1.807) is 7.11 Å². The summed E-state index contributed by atoms with van der Waals surface area (Å²) in [7, 11) is 1.58. The van der Waals surface area contributed by atoms with Crippen LogP contribution < -0.4 is 35.6 Å². The van der Waals surface area contributed by atoms with Gasteiger partial charge in [-0.05, 0) is 43.0 Å². The number of benzene rings is 2. The van der Waals surface area contributed by atoms with E-state index < -0.39 is 0 Å². The van der Waals surface area contributed by atoms with Gasteiger partial charge in [-0.1, -0.05) is 0 Å². The Balaban J connectivity index is 0.00000192. The molecule has 0 unspecified atom stereocenters. The van der Waals surface area contributed by atoms with Gasteiger partial charge in [-0.2, -0.15) is 4.40 Å². The molecule has 0 saturated carbocycles. The van der Waals surface area contributed by atoms with Crippen LogP contribution in [0.2, 0.25) is 0 Å². The summed E-state index contributed by atoms with van der Waals surface area (Å²) in [5.41, 5.74) is 4.23. The standard InChI is InChI=1S/C22H19NO4.BrH/c1-11-5-14-6-18-16-8-20-19(26-10-27-20)7-15(16)12(2)13(3)23(18)9-17(14)21(24)22(11)25-4;/h5-9H,10H2,1-4H3;1H. The summed E-state index contributed by atoms with van der Waals surface area (Å²) in [6, 6.07) is 8.25. The Kier molecular flexibility index (Phi) is 4.27. The fourth-order valence-corrected chi connectivity index (χ4v) is 4.08. The van der Waals surface area contributed by atoms with Gasteiger partial charge in [-0.25, -0.2) is 0 Å². The van der Waals surface area contributed by atoms with Crippen molar-refractivity contribution in [1.82, 2.24) is 0 Å². The van der Waals surface area contributed by atoms with Crippen LogP contribution in [0, 0.1) is 20.8 Å². The van der Waals surface area contributed by atoms with Crippen LogP contribution in [0.15, 0.2) is 30.5 Å². The van der Waals surface area contributed by atoms with E-state index in [0.29, 0.717) is 5.75 Å². The number of phenols is 1. The van der Waals surface area contributed by atoms with Crippen LogP contribution in [0.5, 0.6) is 23.0 Å². The highest BCUT2D eigenvalue weighted by molar-refractivity contribution is 6.02. The van der Waals surface area contributed by atoms with Crippen molar-refractivity contribution in [3.05, 3.63) is 47.3 Å². The summed E-state index contributed by atoms with van der Waals surface area (Å²) in [6.45, 7) is 6.38. The van der Waals surface area contributed by atoms with Gasteiger partial charge in [0.15, 0.2) is 34.9 Å². The topological polar surface area (TPSA) is 52.0 Å². The Labute approximate surface area is 172 Å². The SMILES string of the molecule is COc1c(C)cc2cc3c4cc5c(cc4c(C)c(C)[n+]3cc2c1O)OCO5.[Br-]. The molecular formula is C22H20BrNO4. The van der Waals surface area contributed by atoms with E-state index in [1.807, 2.05) is 25.3 Å². The van der Waals surface area contributed by atoms with Gasteiger partial charge < -0.3 is 36.3 Å². The summed E-state index contributed by atoms with van der Waals surface area (Å²) >= 11 is 0. The van der Waals surface area contributed by atoms with Crippen LogP contribution in [0.3, 0.4) is 0 Å². The van der Waals surface area contributed by atoms with Gasteiger partial charge in [0, 0.05) is 23.9 Å². The number of hydrogen-bond donors (Lipinski definition) is 1. The van der Waals surface area contributed by atoms with Crippen molar-refractivity contribution in [2.75, 3.05) is 13.9 Å². The lowest BCUT2D eigenvalue weighted by atomic mass is 10.00. The zero-order valence-corrected chi connectivity index (χ0v) is 17.7. The highest BCUT2D eigenvalue weighted by Gasteiger charge is 2.23. The number of nitrogens with zero attached hydrogens (tertiary/aromatic N) is 1. The molecule has 3 heterocycles. The van der Waals surface area contributed by atoms with Crippen molar-refractivity contribution in [2.45, 2.75) is 20.8 Å². The fraction of sp³-hybridized carbons (Fsp3) is 0.227. The largest absolute Gasteiger partial charge is 1.00 e. The zero-order valence-electron chi connectivity index (χ0n) is 16.1. The molecule has 0 aliphatic carbocycles. The predicted molar refractivity (Wildman–Crippen MR) is 103 cm³/mol. The quantitative estimate of drug-likeness (QED) is 0.273. The molecule has 2 aromatic carbocycles. The molecule has 1 N–H and O–H groups in total. The maximum atomic E-state index is 10.7. The first-order chi connectivity index (χ1) is 13.0. The van der Waals surface area contributed by atoms with Crippen LogP contribution >= 0.6 is 0 Å². The molecule has 28 heavy (non-hydrogen) atoms. The van der Waals surface area contributed by atoms with E-state index in [1.165, 1.54) is 5.56 Å². The number of aromatic hydroxyl groups is 1. The maximum Gasteiger partial charge on any atom is 0.231 e. The zero-order chi connectivity index (χ0) is 18.9. The molecule has 0 bridgehead atoms. The van der Waals surface area contributed by atoms with E-state index in [-0.39, 0.29) is 29.5 Å². The highest BCUT2D eigenvalue weighted by atomic mass is 79.9. The van der Waals surface area contributed by atoms with E-state index in [4.69, 9.17) is 14.2 Å². The smallest absolute Gasteiger partial charge is 0.231 e. The summed E-state index contributed by atoms with van der Waals surface area (Å²) < 4.78 is 18.7. The van der Waals surface area contributed by atoms with Gasteiger partial charge in [-0.15, -0.1) is 0 Å². The van der Waals surface area contributed by atoms with Gasteiger partial charge in [0.05, 0.1) is 17.9 Å². The van der Waals surface area contributed by atoms with Crippen LogP contribution in [-0.2, 0) is 0 Å². The second kappa shape index (κ2) is 6.41. The third-order valence-corrected chi connectivity index (χ3v) is 5.62. The van der Waals surface area contributed by atoms with Gasteiger partial charge >= 0.3 is 0 Å². The molecule has 0 atom stereocenters. The minimum absolute atomic E-state index is 0. The Morgan fingerprint density at radius 2 is 1.64 bits per heavy atom. The van der Waals surface area contributed by atoms with Crippen molar-refractivity contribution in [1.29, 1.82) is 0 Å². The highest BCUT2D eigenvalue weighted by Crippen LogP contribution is 2.41. The van der Waals surface area contributed by atoms with Gasteiger partial charge in [0.25, 0.3) is 0 Å². The number of ether oxygens (including phenoxy) is 3. The third kappa shape index (κ3) is 2.41. The van der Waals surface area contributed by atoms with Crippen LogP contribution in [-0.4, -0.2) is 19.0 Å². The first kappa shape index (κ1) is 18.6. The second-order valence-electron chi connectivity index (χ2n) is 7.07. The molecule has 0 radical (unpaired) electrons. The third-order valence-electron chi connectivity index (χ3n) is 5.62. The van der Waals surface area contributed by atoms with Gasteiger partial charge in [0.1, 0.15) is 0 Å². The average Bonchev–Trinajstić information content (AvgIpc) is 3.12. The van der Waals surface area contributed by atoms with Gasteiger partial charge in [-0.3, -0.25) is 0 Å². The van der Waals surface area contributed by atoms with Crippen molar-refractivity contribution in [3.63, 3.8) is 0 Å². The minimum Gasteiger partial charge on any atom is -1.00 e. The molecule has 0 spiro atoms. The first-order valence-electron chi connectivity index (χ1n) is 8.88. The Morgan fingerprint density at radius 3 is 2.32 bits per heavy atom. The molecule has 4 aromatic rings. The number of aromatic nitrogens is 1. The van der Waals surface area contributed by atoms with Crippen LogP contribution in [0.25, 0.3) is 27.1 Å². The lowest BCUT2D eigenvalue weighted by molar-refractivity contribution is -0.517. The number of fused-ring (bicyclic) bond motifs is 5. The summed E-state index contributed by atoms with van der Waals surface area (Å²) in [5, 5.41) is 14.7. The second-order valence-corrected chi connectivity index (χ2v) is 7.07. The molecule has 5 rings (SSSR count). The molecule has 6 heteroatoms. The number of rotatable bonds is 1. The maximum absolute atomic E-state index is 10.7. The van der Waals surface area contributed by atoms with Crippen molar-refractivity contribution in [3.8, 4) is 23.0 Å². The molecule has 1 aliphatic heterocycles. The molecule has 0 fully saturated rings. The molecular weight excluding hydrogens is 422 g/mol. The van der Waals surface area contributed by atoms with Crippen molar-refractivity contribution in [2.24, 2.45) is 0 Å². The summed E-state index contributed by atoms with van der Waals surface area (Å²) in [4.78, 5) is 0. The average molecular weight is 442 g/mol.